The Morgan fingerprint density at radius 1 is 1.46 bits per heavy atom. The Balaban J connectivity index is 2.40. The third-order valence-electron chi connectivity index (χ3n) is 3.23. The van der Waals surface area contributed by atoms with Gasteiger partial charge in [-0.3, -0.25) is 14.3 Å². The zero-order valence-electron chi connectivity index (χ0n) is 11.9. The molecule has 1 aromatic rings. The first kappa shape index (κ1) is 18.3. The molecule has 6 nitrogen and oxygen atoms in total. The largest absolute Gasteiger partial charge is 0.481 e. The number of aromatic nitrogens is 2. The standard InChI is InChI=1S/C13H10Cl2F3N3O3/c1-21-5-6(9(20-21)13(16,17)18)10(22)19-12(15)7(11(23)24)3-2-4-8(12)14/h2-5,7H,1H3,(H,19,22)(H,23,24). The lowest BCUT2D eigenvalue weighted by atomic mass is 9.93. The topological polar surface area (TPSA) is 84.2 Å². The lowest BCUT2D eigenvalue weighted by molar-refractivity contribution is -0.142. The quantitative estimate of drug-likeness (QED) is 0.620. The summed E-state index contributed by atoms with van der Waals surface area (Å²) >= 11 is 12.0. The van der Waals surface area contributed by atoms with Crippen LogP contribution < -0.4 is 5.32 Å². The Labute approximate surface area is 143 Å². The minimum Gasteiger partial charge on any atom is -0.481 e. The number of allylic oxidation sites excluding steroid dienone is 2. The molecule has 1 aromatic heterocycles. The van der Waals surface area contributed by atoms with Crippen molar-refractivity contribution in [2.24, 2.45) is 13.0 Å². The molecule has 0 spiro atoms. The molecule has 2 rings (SSSR count). The summed E-state index contributed by atoms with van der Waals surface area (Å²) in [5.41, 5.74) is -2.21. The number of rotatable bonds is 3. The first-order chi connectivity index (χ1) is 11.0. The molecule has 2 N–H and O–H groups in total. The van der Waals surface area contributed by atoms with Crippen LogP contribution in [0.4, 0.5) is 13.2 Å². The second kappa shape index (κ2) is 6.14. The summed E-state index contributed by atoms with van der Waals surface area (Å²) in [4.78, 5) is 21.4. The number of hydrogen-bond acceptors (Lipinski definition) is 3. The van der Waals surface area contributed by atoms with Crippen molar-refractivity contribution in [1.29, 1.82) is 0 Å². The van der Waals surface area contributed by atoms with E-state index in [1.807, 2.05) is 0 Å². The van der Waals surface area contributed by atoms with Crippen molar-refractivity contribution in [1.82, 2.24) is 15.1 Å². The van der Waals surface area contributed by atoms with Crippen molar-refractivity contribution < 1.29 is 27.9 Å². The van der Waals surface area contributed by atoms with Gasteiger partial charge in [-0.15, -0.1) is 0 Å². The minimum absolute atomic E-state index is 0.245. The van der Waals surface area contributed by atoms with Gasteiger partial charge in [0.15, 0.2) is 10.7 Å². The maximum absolute atomic E-state index is 12.9. The van der Waals surface area contributed by atoms with Crippen molar-refractivity contribution >= 4 is 35.1 Å². The molecule has 1 aliphatic carbocycles. The lowest BCUT2D eigenvalue weighted by Crippen LogP contribution is -2.52. The number of aryl methyl sites for hydroxylation is 1. The molecular weight excluding hydrogens is 374 g/mol. The van der Waals surface area contributed by atoms with Crippen LogP contribution >= 0.6 is 23.2 Å². The summed E-state index contributed by atoms with van der Waals surface area (Å²) < 4.78 is 39.6. The van der Waals surface area contributed by atoms with Gasteiger partial charge in [-0.1, -0.05) is 35.4 Å². The van der Waals surface area contributed by atoms with E-state index in [2.05, 4.69) is 10.4 Å². The third-order valence-corrected chi connectivity index (χ3v) is 4.28. The second-order valence-electron chi connectivity index (χ2n) is 4.94. The van der Waals surface area contributed by atoms with Crippen molar-refractivity contribution in [2.45, 2.75) is 11.2 Å². The highest BCUT2D eigenvalue weighted by Gasteiger charge is 2.47. The molecule has 0 fully saturated rings. The van der Waals surface area contributed by atoms with Crippen LogP contribution in [0.3, 0.4) is 0 Å². The van der Waals surface area contributed by atoms with Gasteiger partial charge >= 0.3 is 12.1 Å². The fourth-order valence-electron chi connectivity index (χ4n) is 2.14. The monoisotopic (exact) mass is 383 g/mol. The molecule has 0 saturated carbocycles. The number of nitrogens with zero attached hydrogens (tertiary/aromatic N) is 2. The van der Waals surface area contributed by atoms with Crippen LogP contribution in [0.15, 0.2) is 29.5 Å². The molecule has 1 amide bonds. The summed E-state index contributed by atoms with van der Waals surface area (Å²) in [5.74, 6) is -4.12. The zero-order valence-corrected chi connectivity index (χ0v) is 13.4. The first-order valence-corrected chi connectivity index (χ1v) is 7.12. The smallest absolute Gasteiger partial charge is 0.435 e. The van der Waals surface area contributed by atoms with Gasteiger partial charge in [0.1, 0.15) is 5.92 Å². The molecular formula is C13H10Cl2F3N3O3. The van der Waals surface area contributed by atoms with Crippen LogP contribution in [-0.2, 0) is 18.0 Å². The average Bonchev–Trinajstić information content (AvgIpc) is 2.84. The molecule has 1 aliphatic rings. The van der Waals surface area contributed by atoms with Gasteiger partial charge in [0.2, 0.25) is 0 Å². The molecule has 0 aromatic carbocycles. The Kier molecular flexibility index (Phi) is 4.69. The number of carbonyl (C=O) groups excluding carboxylic acids is 1. The Morgan fingerprint density at radius 3 is 2.62 bits per heavy atom. The van der Waals surface area contributed by atoms with E-state index in [0.29, 0.717) is 0 Å². The number of nitrogens with one attached hydrogen (secondary N) is 1. The van der Waals surface area contributed by atoms with Crippen LogP contribution in [-0.4, -0.2) is 31.8 Å². The summed E-state index contributed by atoms with van der Waals surface area (Å²) in [7, 11) is 1.21. The van der Waals surface area contributed by atoms with Gasteiger partial charge in [0.05, 0.1) is 10.6 Å². The number of carbonyl (C=O) groups is 2. The van der Waals surface area contributed by atoms with Crippen LogP contribution in [0.25, 0.3) is 0 Å². The molecule has 0 saturated heterocycles. The second-order valence-corrected chi connectivity index (χ2v) is 5.95. The van der Waals surface area contributed by atoms with E-state index >= 15 is 0 Å². The maximum Gasteiger partial charge on any atom is 0.435 e. The van der Waals surface area contributed by atoms with E-state index in [4.69, 9.17) is 23.2 Å². The van der Waals surface area contributed by atoms with Gasteiger partial charge in [-0.25, -0.2) is 0 Å². The highest BCUT2D eigenvalue weighted by atomic mass is 35.5. The van der Waals surface area contributed by atoms with Gasteiger partial charge in [0.25, 0.3) is 5.91 Å². The average molecular weight is 384 g/mol. The molecule has 24 heavy (non-hydrogen) atoms. The third kappa shape index (κ3) is 3.27. The van der Waals surface area contributed by atoms with Crippen LogP contribution in [0.1, 0.15) is 16.1 Å². The molecule has 11 heteroatoms. The SMILES string of the molecule is Cn1cc(C(=O)NC2(Cl)C(Cl)=CC=CC2C(=O)O)c(C(F)(F)F)n1. The van der Waals surface area contributed by atoms with Crippen LogP contribution in [0, 0.1) is 5.92 Å². The number of hydrogen-bond donors (Lipinski definition) is 2. The molecule has 130 valence electrons. The summed E-state index contributed by atoms with van der Waals surface area (Å²) in [6, 6.07) is 0. The van der Waals surface area contributed by atoms with Gasteiger partial charge in [-0.2, -0.15) is 18.3 Å². The Bertz CT molecular complexity index is 757. The molecule has 0 radical (unpaired) electrons. The van der Waals surface area contributed by atoms with Crippen molar-refractivity contribution in [2.75, 3.05) is 0 Å². The van der Waals surface area contributed by atoms with E-state index in [1.54, 1.807) is 0 Å². The van der Waals surface area contributed by atoms with Crippen molar-refractivity contribution in [3.05, 3.63) is 40.7 Å². The minimum atomic E-state index is -4.87. The number of alkyl halides is 4. The number of aliphatic carboxylic acids is 1. The van der Waals surface area contributed by atoms with Crippen LogP contribution in [0.5, 0.6) is 0 Å². The summed E-state index contributed by atoms with van der Waals surface area (Å²) in [6.45, 7) is 0. The number of amides is 1. The Hall–Kier alpha value is -2.00. The van der Waals surface area contributed by atoms with Gasteiger partial charge in [0, 0.05) is 13.2 Å². The normalized spacial score (nSPS) is 23.8. The van der Waals surface area contributed by atoms with Crippen molar-refractivity contribution in [3.63, 3.8) is 0 Å². The van der Waals surface area contributed by atoms with Gasteiger partial charge < -0.3 is 10.4 Å². The number of carboxylic acid groups (broad SMARTS) is 1. The van der Waals surface area contributed by atoms with Crippen molar-refractivity contribution in [3.8, 4) is 0 Å². The van der Waals surface area contributed by atoms with Crippen LogP contribution in [0.2, 0.25) is 0 Å². The van der Waals surface area contributed by atoms with E-state index in [1.165, 1.54) is 19.2 Å². The molecule has 0 aliphatic heterocycles. The fourth-order valence-corrected chi connectivity index (χ4v) is 2.69. The predicted octanol–water partition coefficient (Wildman–Crippen LogP) is 2.50. The maximum atomic E-state index is 12.9. The first-order valence-electron chi connectivity index (χ1n) is 6.36. The van der Waals surface area contributed by atoms with E-state index in [9.17, 15) is 27.9 Å². The predicted molar refractivity (Wildman–Crippen MR) is 78.5 cm³/mol. The fraction of sp³-hybridized carbons (Fsp3) is 0.308. The number of halogens is 5. The molecule has 1 heterocycles. The zero-order chi connectivity index (χ0) is 18.3. The molecule has 2 atom stereocenters. The number of carboxylic acids is 1. The molecule has 0 bridgehead atoms. The summed E-state index contributed by atoms with van der Waals surface area (Å²) in [6.07, 6.45) is -0.299. The van der Waals surface area contributed by atoms with E-state index < -0.39 is 40.2 Å². The van der Waals surface area contributed by atoms with Gasteiger partial charge in [-0.05, 0) is 6.08 Å². The lowest BCUT2D eigenvalue weighted by Gasteiger charge is -2.33. The summed E-state index contributed by atoms with van der Waals surface area (Å²) in [5, 5.41) is 14.2. The van der Waals surface area contributed by atoms with E-state index in [0.717, 1.165) is 17.0 Å². The highest BCUT2D eigenvalue weighted by Crippen LogP contribution is 2.38. The Morgan fingerprint density at radius 2 is 2.08 bits per heavy atom. The highest BCUT2D eigenvalue weighted by molar-refractivity contribution is 6.41. The van der Waals surface area contributed by atoms with E-state index in [-0.39, 0.29) is 5.03 Å². The molecule has 2 unspecified atom stereocenters.